The first-order chi connectivity index (χ1) is 9.69. The highest BCUT2D eigenvalue weighted by molar-refractivity contribution is 5.79. The summed E-state index contributed by atoms with van der Waals surface area (Å²) in [6.45, 7) is 4.16. The summed E-state index contributed by atoms with van der Waals surface area (Å²) in [6, 6.07) is 10.4. The number of nitrogens with one attached hydrogen (secondary N) is 1. The molecule has 0 radical (unpaired) electrons. The van der Waals surface area contributed by atoms with Crippen LogP contribution in [0, 0.1) is 13.8 Å². The van der Waals surface area contributed by atoms with Gasteiger partial charge in [-0.15, -0.1) is 0 Å². The van der Waals surface area contributed by atoms with E-state index in [0.29, 0.717) is 0 Å². The first-order valence-electron chi connectivity index (χ1n) is 6.77. The number of pyridine rings is 1. The average molecular weight is 266 g/mol. The van der Waals surface area contributed by atoms with Gasteiger partial charge in [0.15, 0.2) is 0 Å². The minimum Gasteiger partial charge on any atom is -0.459 e. The van der Waals surface area contributed by atoms with Crippen molar-refractivity contribution < 1.29 is 4.42 Å². The van der Waals surface area contributed by atoms with Gasteiger partial charge in [0.05, 0.1) is 6.04 Å². The van der Waals surface area contributed by atoms with Crippen molar-refractivity contribution in [1.82, 2.24) is 10.3 Å². The second-order valence-corrected chi connectivity index (χ2v) is 5.14. The van der Waals surface area contributed by atoms with Crippen molar-refractivity contribution in [3.63, 3.8) is 0 Å². The quantitative estimate of drug-likeness (QED) is 0.784. The molecule has 0 fully saturated rings. The molecule has 102 valence electrons. The molecule has 3 rings (SSSR count). The summed E-state index contributed by atoms with van der Waals surface area (Å²) in [5, 5.41) is 4.47. The summed E-state index contributed by atoms with van der Waals surface area (Å²) in [5.41, 5.74) is 4.52. The Hall–Kier alpha value is -2.13. The Balaban J connectivity index is 2.10. The van der Waals surface area contributed by atoms with Crippen LogP contribution >= 0.6 is 0 Å². The molecule has 0 bridgehead atoms. The summed E-state index contributed by atoms with van der Waals surface area (Å²) < 4.78 is 6.00. The first-order valence-corrected chi connectivity index (χ1v) is 6.77. The predicted molar refractivity (Wildman–Crippen MR) is 80.8 cm³/mol. The van der Waals surface area contributed by atoms with E-state index in [4.69, 9.17) is 4.42 Å². The summed E-state index contributed by atoms with van der Waals surface area (Å²) in [4.78, 5) is 4.15. The van der Waals surface area contributed by atoms with E-state index in [9.17, 15) is 0 Å². The van der Waals surface area contributed by atoms with Gasteiger partial charge < -0.3 is 9.73 Å². The zero-order chi connectivity index (χ0) is 14.1. The SMILES string of the molecule is CNC(c1cc2cc(C)ccc2o1)c1ccncc1C. The first kappa shape index (κ1) is 12.9. The Morgan fingerprint density at radius 3 is 2.75 bits per heavy atom. The number of hydrogen-bond donors (Lipinski definition) is 1. The fraction of sp³-hybridized carbons (Fsp3) is 0.235. The van der Waals surface area contributed by atoms with Crippen LogP contribution in [0.3, 0.4) is 0 Å². The molecule has 0 aliphatic heterocycles. The molecule has 1 unspecified atom stereocenters. The number of fused-ring (bicyclic) bond motifs is 1. The lowest BCUT2D eigenvalue weighted by Crippen LogP contribution is -2.18. The lowest BCUT2D eigenvalue weighted by Gasteiger charge is -2.15. The van der Waals surface area contributed by atoms with Gasteiger partial charge in [-0.2, -0.15) is 0 Å². The maximum Gasteiger partial charge on any atom is 0.134 e. The van der Waals surface area contributed by atoms with Crippen molar-refractivity contribution in [3.8, 4) is 0 Å². The van der Waals surface area contributed by atoms with Crippen LogP contribution in [-0.2, 0) is 0 Å². The van der Waals surface area contributed by atoms with Crippen LogP contribution in [0.4, 0.5) is 0 Å². The van der Waals surface area contributed by atoms with Crippen LogP contribution in [-0.4, -0.2) is 12.0 Å². The van der Waals surface area contributed by atoms with Crippen LogP contribution in [0.25, 0.3) is 11.0 Å². The monoisotopic (exact) mass is 266 g/mol. The molecule has 1 atom stereocenters. The molecule has 2 heterocycles. The summed E-state index contributed by atoms with van der Waals surface area (Å²) in [6.07, 6.45) is 3.70. The van der Waals surface area contributed by atoms with E-state index in [1.54, 1.807) is 0 Å². The fourth-order valence-electron chi connectivity index (χ4n) is 2.58. The van der Waals surface area contributed by atoms with Gasteiger partial charge in [0.2, 0.25) is 0 Å². The van der Waals surface area contributed by atoms with Gasteiger partial charge in [0.25, 0.3) is 0 Å². The lowest BCUT2D eigenvalue weighted by molar-refractivity contribution is 0.490. The van der Waals surface area contributed by atoms with Crippen molar-refractivity contribution in [2.75, 3.05) is 7.05 Å². The molecule has 1 aromatic carbocycles. The number of aryl methyl sites for hydroxylation is 2. The molecular formula is C17H18N2O. The van der Waals surface area contributed by atoms with Crippen molar-refractivity contribution >= 4 is 11.0 Å². The molecule has 3 aromatic rings. The molecule has 20 heavy (non-hydrogen) atoms. The molecule has 0 amide bonds. The van der Waals surface area contributed by atoms with Gasteiger partial charge in [0, 0.05) is 17.8 Å². The number of furan rings is 1. The molecule has 0 saturated heterocycles. The maximum atomic E-state index is 6.00. The van der Waals surface area contributed by atoms with E-state index in [1.807, 2.05) is 31.6 Å². The molecule has 0 aliphatic rings. The molecule has 0 aliphatic carbocycles. The standard InChI is InChI=1S/C17H18N2O/c1-11-4-5-15-13(8-11)9-16(20-15)17(18-3)14-6-7-19-10-12(14)2/h4-10,17-18H,1-3H3. The van der Waals surface area contributed by atoms with Crippen molar-refractivity contribution in [3.05, 3.63) is 65.2 Å². The molecular weight excluding hydrogens is 248 g/mol. The average Bonchev–Trinajstić information content (AvgIpc) is 2.84. The molecule has 0 saturated carbocycles. The van der Waals surface area contributed by atoms with E-state index in [1.165, 1.54) is 11.1 Å². The Kier molecular flexibility index (Phi) is 3.28. The van der Waals surface area contributed by atoms with Crippen molar-refractivity contribution in [2.24, 2.45) is 0 Å². The smallest absolute Gasteiger partial charge is 0.134 e. The minimum atomic E-state index is 0.0470. The summed E-state index contributed by atoms with van der Waals surface area (Å²) >= 11 is 0. The van der Waals surface area contributed by atoms with Crippen LogP contribution in [0.2, 0.25) is 0 Å². The highest BCUT2D eigenvalue weighted by atomic mass is 16.3. The molecule has 2 aromatic heterocycles. The Labute approximate surface area is 118 Å². The van der Waals surface area contributed by atoms with Gasteiger partial charge in [-0.25, -0.2) is 0 Å². The van der Waals surface area contributed by atoms with Gasteiger partial charge >= 0.3 is 0 Å². The third kappa shape index (κ3) is 2.21. The minimum absolute atomic E-state index is 0.0470. The van der Waals surface area contributed by atoms with Crippen LogP contribution < -0.4 is 5.32 Å². The highest BCUT2D eigenvalue weighted by Crippen LogP contribution is 2.29. The topological polar surface area (TPSA) is 38.1 Å². The highest BCUT2D eigenvalue weighted by Gasteiger charge is 2.18. The van der Waals surface area contributed by atoms with E-state index in [2.05, 4.69) is 42.3 Å². The van der Waals surface area contributed by atoms with Gasteiger partial charge in [0.1, 0.15) is 11.3 Å². The second kappa shape index (κ2) is 5.10. The lowest BCUT2D eigenvalue weighted by atomic mass is 10.0. The zero-order valence-corrected chi connectivity index (χ0v) is 12.0. The molecule has 1 N–H and O–H groups in total. The van der Waals surface area contributed by atoms with Crippen molar-refractivity contribution in [1.29, 1.82) is 0 Å². The largest absolute Gasteiger partial charge is 0.459 e. The third-order valence-corrected chi connectivity index (χ3v) is 3.64. The Morgan fingerprint density at radius 1 is 1.15 bits per heavy atom. The Morgan fingerprint density at radius 2 is 2.00 bits per heavy atom. The maximum absolute atomic E-state index is 6.00. The van der Waals surface area contributed by atoms with E-state index >= 15 is 0 Å². The molecule has 0 spiro atoms. The number of nitrogens with zero attached hydrogens (tertiary/aromatic N) is 1. The summed E-state index contributed by atoms with van der Waals surface area (Å²) in [5.74, 6) is 0.933. The summed E-state index contributed by atoms with van der Waals surface area (Å²) in [7, 11) is 1.95. The fourth-order valence-corrected chi connectivity index (χ4v) is 2.58. The van der Waals surface area contributed by atoms with Crippen LogP contribution in [0.5, 0.6) is 0 Å². The number of hydrogen-bond acceptors (Lipinski definition) is 3. The van der Waals surface area contributed by atoms with Gasteiger partial charge in [-0.05, 0) is 56.3 Å². The molecule has 3 nitrogen and oxygen atoms in total. The van der Waals surface area contributed by atoms with E-state index in [-0.39, 0.29) is 6.04 Å². The van der Waals surface area contributed by atoms with E-state index < -0.39 is 0 Å². The second-order valence-electron chi connectivity index (χ2n) is 5.14. The number of rotatable bonds is 3. The number of aromatic nitrogens is 1. The molecule has 3 heteroatoms. The normalized spacial score (nSPS) is 12.8. The van der Waals surface area contributed by atoms with Gasteiger partial charge in [-0.1, -0.05) is 11.6 Å². The van der Waals surface area contributed by atoms with E-state index in [0.717, 1.165) is 22.3 Å². The van der Waals surface area contributed by atoms with Crippen LogP contribution in [0.1, 0.15) is 28.5 Å². The predicted octanol–water partition coefficient (Wildman–Crippen LogP) is 3.75. The van der Waals surface area contributed by atoms with Crippen LogP contribution in [0.15, 0.2) is 47.1 Å². The van der Waals surface area contributed by atoms with Gasteiger partial charge in [-0.3, -0.25) is 4.98 Å². The zero-order valence-electron chi connectivity index (χ0n) is 12.0. The number of benzene rings is 1. The third-order valence-electron chi connectivity index (χ3n) is 3.64. The van der Waals surface area contributed by atoms with Crippen molar-refractivity contribution in [2.45, 2.75) is 19.9 Å². The Bertz CT molecular complexity index is 746.